The standard InChI is InChI=1S/C14H19FN2O/c1-3-10(4-2)14(18)9-17-13-7-5-6-12(15)11(13)8-16/h5-7,10,14,17-18H,3-4,9H2,1-2H3. The molecule has 1 atom stereocenters. The Kier molecular flexibility index (Phi) is 5.60. The van der Waals surface area contributed by atoms with Crippen LogP contribution in [-0.2, 0) is 0 Å². The summed E-state index contributed by atoms with van der Waals surface area (Å²) in [5.41, 5.74) is 0.428. The first-order chi connectivity index (χ1) is 8.63. The van der Waals surface area contributed by atoms with E-state index in [4.69, 9.17) is 5.26 Å². The van der Waals surface area contributed by atoms with E-state index in [0.29, 0.717) is 12.2 Å². The van der Waals surface area contributed by atoms with Crippen LogP contribution in [0.15, 0.2) is 18.2 Å². The van der Waals surface area contributed by atoms with Crippen molar-refractivity contribution in [3.05, 3.63) is 29.6 Å². The normalized spacial score (nSPS) is 12.2. The molecule has 0 saturated carbocycles. The van der Waals surface area contributed by atoms with Crippen molar-refractivity contribution >= 4 is 5.69 Å². The zero-order chi connectivity index (χ0) is 13.5. The van der Waals surface area contributed by atoms with Crippen molar-refractivity contribution in [2.45, 2.75) is 32.8 Å². The van der Waals surface area contributed by atoms with Crippen LogP contribution in [0.4, 0.5) is 10.1 Å². The van der Waals surface area contributed by atoms with Crippen molar-refractivity contribution in [1.82, 2.24) is 0 Å². The lowest BCUT2D eigenvalue weighted by Crippen LogP contribution is -2.28. The lowest BCUT2D eigenvalue weighted by Gasteiger charge is -2.21. The summed E-state index contributed by atoms with van der Waals surface area (Å²) in [5, 5.41) is 21.8. The van der Waals surface area contributed by atoms with Crippen LogP contribution in [0, 0.1) is 23.1 Å². The number of hydrogen-bond acceptors (Lipinski definition) is 3. The summed E-state index contributed by atoms with van der Waals surface area (Å²) >= 11 is 0. The summed E-state index contributed by atoms with van der Waals surface area (Å²) in [4.78, 5) is 0. The van der Waals surface area contributed by atoms with Gasteiger partial charge in [-0.3, -0.25) is 0 Å². The molecule has 0 aromatic heterocycles. The van der Waals surface area contributed by atoms with E-state index in [2.05, 4.69) is 5.32 Å². The number of hydrogen-bond donors (Lipinski definition) is 2. The largest absolute Gasteiger partial charge is 0.391 e. The lowest BCUT2D eigenvalue weighted by atomic mass is 9.96. The monoisotopic (exact) mass is 250 g/mol. The van der Waals surface area contributed by atoms with Gasteiger partial charge in [0.2, 0.25) is 0 Å². The van der Waals surface area contributed by atoms with E-state index in [9.17, 15) is 9.50 Å². The van der Waals surface area contributed by atoms with Crippen LogP contribution in [0.5, 0.6) is 0 Å². The average molecular weight is 250 g/mol. The molecule has 18 heavy (non-hydrogen) atoms. The van der Waals surface area contributed by atoms with E-state index in [0.717, 1.165) is 12.8 Å². The number of aliphatic hydroxyl groups is 1. The van der Waals surface area contributed by atoms with Gasteiger partial charge in [-0.25, -0.2) is 4.39 Å². The summed E-state index contributed by atoms with van der Waals surface area (Å²) in [6.07, 6.45) is 1.30. The van der Waals surface area contributed by atoms with Gasteiger partial charge >= 0.3 is 0 Å². The van der Waals surface area contributed by atoms with Crippen molar-refractivity contribution in [2.24, 2.45) is 5.92 Å². The van der Waals surface area contributed by atoms with Gasteiger partial charge in [-0.2, -0.15) is 5.26 Å². The predicted octanol–water partition coefficient (Wildman–Crippen LogP) is 2.91. The highest BCUT2D eigenvalue weighted by Crippen LogP contribution is 2.19. The second-order valence-electron chi connectivity index (χ2n) is 4.30. The van der Waals surface area contributed by atoms with Crippen LogP contribution < -0.4 is 5.32 Å². The third-order valence-electron chi connectivity index (χ3n) is 3.22. The molecule has 0 radical (unpaired) electrons. The molecule has 1 aromatic rings. The third-order valence-corrected chi connectivity index (χ3v) is 3.22. The van der Waals surface area contributed by atoms with Gasteiger partial charge in [-0.15, -0.1) is 0 Å². The smallest absolute Gasteiger partial charge is 0.143 e. The minimum absolute atomic E-state index is 0.00533. The highest BCUT2D eigenvalue weighted by molar-refractivity contribution is 5.57. The molecule has 1 unspecified atom stereocenters. The van der Waals surface area contributed by atoms with E-state index < -0.39 is 11.9 Å². The van der Waals surface area contributed by atoms with Crippen LogP contribution in [0.3, 0.4) is 0 Å². The highest BCUT2D eigenvalue weighted by atomic mass is 19.1. The minimum Gasteiger partial charge on any atom is -0.391 e. The Morgan fingerprint density at radius 3 is 2.61 bits per heavy atom. The Labute approximate surface area is 107 Å². The van der Waals surface area contributed by atoms with Gasteiger partial charge in [0.05, 0.1) is 11.8 Å². The molecule has 0 amide bonds. The molecular weight excluding hydrogens is 231 g/mol. The highest BCUT2D eigenvalue weighted by Gasteiger charge is 2.16. The average Bonchev–Trinajstić information content (AvgIpc) is 2.37. The molecule has 2 N–H and O–H groups in total. The predicted molar refractivity (Wildman–Crippen MR) is 69.7 cm³/mol. The first-order valence-corrected chi connectivity index (χ1v) is 6.24. The molecule has 0 aliphatic carbocycles. The molecule has 0 heterocycles. The number of nitriles is 1. The number of aliphatic hydroxyl groups excluding tert-OH is 1. The minimum atomic E-state index is -0.542. The van der Waals surface area contributed by atoms with E-state index in [-0.39, 0.29) is 11.5 Å². The number of nitrogens with zero attached hydrogens (tertiary/aromatic N) is 1. The van der Waals surface area contributed by atoms with Crippen molar-refractivity contribution in [3.63, 3.8) is 0 Å². The van der Waals surface area contributed by atoms with Crippen molar-refractivity contribution in [1.29, 1.82) is 5.26 Å². The fourth-order valence-electron chi connectivity index (χ4n) is 2.00. The lowest BCUT2D eigenvalue weighted by molar-refractivity contribution is 0.114. The fourth-order valence-corrected chi connectivity index (χ4v) is 2.00. The zero-order valence-electron chi connectivity index (χ0n) is 10.8. The van der Waals surface area contributed by atoms with E-state index in [1.807, 2.05) is 19.9 Å². The summed E-state index contributed by atoms with van der Waals surface area (Å²) in [5.74, 6) is -0.323. The number of halogens is 1. The molecule has 98 valence electrons. The Bertz CT molecular complexity index is 424. The summed E-state index contributed by atoms with van der Waals surface area (Å²) in [6.45, 7) is 4.38. The molecule has 4 heteroatoms. The van der Waals surface area contributed by atoms with Crippen molar-refractivity contribution in [2.75, 3.05) is 11.9 Å². The van der Waals surface area contributed by atoms with E-state index in [1.165, 1.54) is 6.07 Å². The molecule has 0 fully saturated rings. The van der Waals surface area contributed by atoms with Gasteiger partial charge in [-0.05, 0) is 18.1 Å². The quantitative estimate of drug-likeness (QED) is 0.816. The SMILES string of the molecule is CCC(CC)C(O)CNc1cccc(F)c1C#N. The van der Waals surface area contributed by atoms with E-state index >= 15 is 0 Å². The summed E-state index contributed by atoms with van der Waals surface area (Å²) < 4.78 is 13.3. The third kappa shape index (κ3) is 3.44. The topological polar surface area (TPSA) is 56.0 Å². The van der Waals surface area contributed by atoms with E-state index in [1.54, 1.807) is 12.1 Å². The molecule has 1 rings (SSSR count). The maximum absolute atomic E-state index is 13.3. The number of nitrogens with one attached hydrogen (secondary N) is 1. The molecule has 0 bridgehead atoms. The second kappa shape index (κ2) is 6.97. The molecule has 0 saturated heterocycles. The van der Waals surface area contributed by atoms with Crippen LogP contribution in [-0.4, -0.2) is 17.8 Å². The zero-order valence-corrected chi connectivity index (χ0v) is 10.8. The first kappa shape index (κ1) is 14.5. The summed E-state index contributed by atoms with van der Waals surface area (Å²) in [7, 11) is 0. The second-order valence-corrected chi connectivity index (χ2v) is 4.30. The van der Waals surface area contributed by atoms with Gasteiger partial charge in [0.25, 0.3) is 0 Å². The van der Waals surface area contributed by atoms with Crippen molar-refractivity contribution < 1.29 is 9.50 Å². The number of rotatable bonds is 6. The molecule has 3 nitrogen and oxygen atoms in total. The molecule has 0 spiro atoms. The van der Waals surface area contributed by atoms with Gasteiger partial charge in [0.15, 0.2) is 0 Å². The molecule has 0 aliphatic heterocycles. The maximum Gasteiger partial charge on any atom is 0.143 e. The number of benzene rings is 1. The number of anilines is 1. The fraction of sp³-hybridized carbons (Fsp3) is 0.500. The van der Waals surface area contributed by atoms with Crippen LogP contribution in [0.25, 0.3) is 0 Å². The Hall–Kier alpha value is -1.60. The Morgan fingerprint density at radius 2 is 2.06 bits per heavy atom. The van der Waals surface area contributed by atoms with Gasteiger partial charge in [-0.1, -0.05) is 32.8 Å². The van der Waals surface area contributed by atoms with Crippen molar-refractivity contribution in [3.8, 4) is 6.07 Å². The Balaban J connectivity index is 2.70. The van der Waals surface area contributed by atoms with Gasteiger partial charge < -0.3 is 10.4 Å². The molecule has 1 aromatic carbocycles. The van der Waals surface area contributed by atoms with Crippen LogP contribution >= 0.6 is 0 Å². The molecular formula is C14H19FN2O. The first-order valence-electron chi connectivity index (χ1n) is 6.24. The Morgan fingerprint density at radius 1 is 1.39 bits per heavy atom. The van der Waals surface area contributed by atoms with Gasteiger partial charge in [0, 0.05) is 6.54 Å². The maximum atomic E-state index is 13.3. The van der Waals surface area contributed by atoms with Crippen LogP contribution in [0.1, 0.15) is 32.3 Å². The van der Waals surface area contributed by atoms with Gasteiger partial charge in [0.1, 0.15) is 17.4 Å². The molecule has 0 aliphatic rings. The van der Waals surface area contributed by atoms with Crippen LogP contribution in [0.2, 0.25) is 0 Å². The summed E-state index contributed by atoms with van der Waals surface area (Å²) in [6, 6.07) is 6.26.